The molecule has 5 heteroatoms. The van der Waals surface area contributed by atoms with E-state index in [4.69, 9.17) is 14.6 Å². The van der Waals surface area contributed by atoms with Crippen molar-refractivity contribution in [1.29, 1.82) is 0 Å². The molecule has 0 aromatic carbocycles. The summed E-state index contributed by atoms with van der Waals surface area (Å²) in [7, 11) is 0. The first-order chi connectivity index (χ1) is 13.7. The number of allylic oxidation sites excluding steroid dienone is 2. The smallest absolute Gasteiger partial charge is 0.114 e. The van der Waals surface area contributed by atoms with Crippen LogP contribution in [0.15, 0.2) is 12.2 Å². The Morgan fingerprint density at radius 1 is 0.929 bits per heavy atom. The molecule has 0 amide bonds. The molecule has 5 nitrogen and oxygen atoms in total. The topological polar surface area (TPSA) is 79.2 Å². The van der Waals surface area contributed by atoms with Gasteiger partial charge in [0.1, 0.15) is 24.4 Å². The monoisotopic (exact) mass is 400 g/mol. The van der Waals surface area contributed by atoms with Crippen molar-refractivity contribution in [2.24, 2.45) is 0 Å². The maximum atomic E-state index is 9.88. The van der Waals surface area contributed by atoms with Gasteiger partial charge in [0.2, 0.25) is 0 Å². The van der Waals surface area contributed by atoms with Gasteiger partial charge in [-0.2, -0.15) is 0 Å². The molecule has 1 heterocycles. The quantitative estimate of drug-likeness (QED) is 0.238. The van der Waals surface area contributed by atoms with Crippen LogP contribution in [0.25, 0.3) is 0 Å². The van der Waals surface area contributed by atoms with Gasteiger partial charge in [0, 0.05) is 6.61 Å². The highest BCUT2D eigenvalue weighted by atomic mass is 16.6. The molecule has 0 aliphatic carbocycles. The minimum absolute atomic E-state index is 0.152. The normalized spacial score (nSPS) is 23.6. The number of aliphatic hydroxyl groups is 3. The second-order valence-corrected chi connectivity index (χ2v) is 8.03. The SMILES string of the molecule is CCCCCCC/C=C/CCCCCCCCO[C@@H]1[C@H]([C@H](O)CO)OC[C@@H]1O. The standard InChI is InChI=1S/C23H44O5/c1-2-3-4-5-6-7-8-9-10-11-12-13-14-15-16-17-27-23-21(26)19-28-22(23)20(25)18-24/h8-9,20-26H,2-7,10-19H2,1H3/b9-8+/t20-,21+,22+,23+/m1/s1. The predicted octanol–water partition coefficient (Wildman–Crippen LogP) is 4.13. The van der Waals surface area contributed by atoms with Gasteiger partial charge in [-0.1, -0.05) is 70.4 Å². The van der Waals surface area contributed by atoms with Gasteiger partial charge in [-0.25, -0.2) is 0 Å². The average Bonchev–Trinajstić information content (AvgIpc) is 3.07. The summed E-state index contributed by atoms with van der Waals surface area (Å²) < 4.78 is 11.0. The summed E-state index contributed by atoms with van der Waals surface area (Å²) in [5.41, 5.74) is 0. The summed E-state index contributed by atoms with van der Waals surface area (Å²) in [5, 5.41) is 28.6. The summed E-state index contributed by atoms with van der Waals surface area (Å²) in [4.78, 5) is 0. The third kappa shape index (κ3) is 11.5. The maximum absolute atomic E-state index is 9.88. The molecule has 0 bridgehead atoms. The highest BCUT2D eigenvalue weighted by molar-refractivity contribution is 4.89. The first-order valence-electron chi connectivity index (χ1n) is 11.6. The summed E-state index contributed by atoms with van der Waals surface area (Å²) in [5.74, 6) is 0. The lowest BCUT2D eigenvalue weighted by atomic mass is 10.1. The second-order valence-electron chi connectivity index (χ2n) is 8.03. The highest BCUT2D eigenvalue weighted by Gasteiger charge is 2.40. The Kier molecular flexibility index (Phi) is 15.9. The Bertz CT molecular complexity index is 374. The molecule has 0 aromatic heterocycles. The van der Waals surface area contributed by atoms with Gasteiger partial charge in [0.15, 0.2) is 0 Å². The van der Waals surface area contributed by atoms with E-state index < -0.39 is 24.4 Å². The Morgan fingerprint density at radius 2 is 1.50 bits per heavy atom. The fraction of sp³-hybridized carbons (Fsp3) is 0.913. The van der Waals surface area contributed by atoms with E-state index in [9.17, 15) is 10.2 Å². The van der Waals surface area contributed by atoms with Crippen molar-refractivity contribution in [3.8, 4) is 0 Å². The van der Waals surface area contributed by atoms with E-state index in [1.807, 2.05) is 0 Å². The van der Waals surface area contributed by atoms with Crippen LogP contribution in [0.3, 0.4) is 0 Å². The number of ether oxygens (including phenoxy) is 2. The van der Waals surface area contributed by atoms with E-state index in [-0.39, 0.29) is 13.2 Å². The lowest BCUT2D eigenvalue weighted by molar-refractivity contribution is -0.0938. The Morgan fingerprint density at radius 3 is 2.11 bits per heavy atom. The summed E-state index contributed by atoms with van der Waals surface area (Å²) in [6, 6.07) is 0. The molecule has 28 heavy (non-hydrogen) atoms. The van der Waals surface area contributed by atoms with E-state index in [2.05, 4.69) is 19.1 Å². The van der Waals surface area contributed by atoms with Gasteiger partial charge in [0.05, 0.1) is 13.2 Å². The Hall–Kier alpha value is -0.460. The first-order valence-corrected chi connectivity index (χ1v) is 11.6. The maximum Gasteiger partial charge on any atom is 0.114 e. The molecule has 1 saturated heterocycles. The molecule has 0 aromatic rings. The van der Waals surface area contributed by atoms with Crippen LogP contribution < -0.4 is 0 Å². The third-order valence-electron chi connectivity index (χ3n) is 5.45. The Balaban J connectivity index is 1.89. The molecule has 1 aliphatic rings. The van der Waals surface area contributed by atoms with E-state index in [1.165, 1.54) is 70.6 Å². The fourth-order valence-electron chi connectivity index (χ4n) is 3.65. The largest absolute Gasteiger partial charge is 0.394 e. The summed E-state index contributed by atoms with van der Waals surface area (Å²) in [6.07, 6.45) is 18.1. The third-order valence-corrected chi connectivity index (χ3v) is 5.45. The second kappa shape index (κ2) is 17.4. The van der Waals surface area contributed by atoms with E-state index in [1.54, 1.807) is 0 Å². The van der Waals surface area contributed by atoms with Crippen LogP contribution in [0.4, 0.5) is 0 Å². The minimum atomic E-state index is -1.00. The van der Waals surface area contributed by atoms with Gasteiger partial charge in [-0.05, 0) is 32.1 Å². The number of aliphatic hydroxyl groups excluding tert-OH is 3. The number of hydrogen-bond acceptors (Lipinski definition) is 5. The zero-order chi connectivity index (χ0) is 20.5. The van der Waals surface area contributed by atoms with Crippen LogP contribution in [0, 0.1) is 0 Å². The molecule has 0 radical (unpaired) electrons. The van der Waals surface area contributed by atoms with Crippen molar-refractivity contribution in [2.45, 2.75) is 115 Å². The van der Waals surface area contributed by atoms with E-state index in [0.29, 0.717) is 6.61 Å². The van der Waals surface area contributed by atoms with Crippen LogP contribution in [-0.4, -0.2) is 59.6 Å². The van der Waals surface area contributed by atoms with Gasteiger partial charge in [-0.3, -0.25) is 0 Å². The van der Waals surface area contributed by atoms with Gasteiger partial charge < -0.3 is 24.8 Å². The van der Waals surface area contributed by atoms with Gasteiger partial charge in [-0.15, -0.1) is 0 Å². The number of rotatable bonds is 18. The van der Waals surface area contributed by atoms with Gasteiger partial charge >= 0.3 is 0 Å². The van der Waals surface area contributed by atoms with Crippen LogP contribution >= 0.6 is 0 Å². The molecule has 1 fully saturated rings. The van der Waals surface area contributed by atoms with Crippen molar-refractivity contribution in [2.75, 3.05) is 19.8 Å². The molecule has 0 saturated carbocycles. The number of unbranched alkanes of at least 4 members (excludes halogenated alkanes) is 11. The molecule has 1 aliphatic heterocycles. The van der Waals surface area contributed by atoms with Crippen molar-refractivity contribution in [1.82, 2.24) is 0 Å². The van der Waals surface area contributed by atoms with Crippen LogP contribution in [0.1, 0.15) is 90.4 Å². The molecule has 4 atom stereocenters. The van der Waals surface area contributed by atoms with Crippen LogP contribution in [-0.2, 0) is 9.47 Å². The molecular weight excluding hydrogens is 356 g/mol. The van der Waals surface area contributed by atoms with Gasteiger partial charge in [0.25, 0.3) is 0 Å². The zero-order valence-electron chi connectivity index (χ0n) is 17.9. The average molecular weight is 401 g/mol. The van der Waals surface area contributed by atoms with Crippen LogP contribution in [0.5, 0.6) is 0 Å². The zero-order valence-corrected chi connectivity index (χ0v) is 17.9. The van der Waals surface area contributed by atoms with Crippen molar-refractivity contribution in [3.05, 3.63) is 12.2 Å². The lowest BCUT2D eigenvalue weighted by Gasteiger charge is -2.23. The Labute approximate surface area is 172 Å². The fourth-order valence-corrected chi connectivity index (χ4v) is 3.65. The first kappa shape index (κ1) is 25.6. The lowest BCUT2D eigenvalue weighted by Crippen LogP contribution is -2.42. The summed E-state index contributed by atoms with van der Waals surface area (Å²) in [6.45, 7) is 2.58. The summed E-state index contributed by atoms with van der Waals surface area (Å²) >= 11 is 0. The van der Waals surface area contributed by atoms with Crippen molar-refractivity contribution < 1.29 is 24.8 Å². The minimum Gasteiger partial charge on any atom is -0.394 e. The molecule has 0 spiro atoms. The number of hydrogen-bond donors (Lipinski definition) is 3. The molecule has 1 rings (SSSR count). The van der Waals surface area contributed by atoms with E-state index >= 15 is 0 Å². The van der Waals surface area contributed by atoms with Crippen molar-refractivity contribution >= 4 is 0 Å². The molecule has 166 valence electrons. The molecule has 0 unspecified atom stereocenters. The molecule has 3 N–H and O–H groups in total. The van der Waals surface area contributed by atoms with Crippen LogP contribution in [0.2, 0.25) is 0 Å². The predicted molar refractivity (Wildman–Crippen MR) is 113 cm³/mol. The van der Waals surface area contributed by atoms with E-state index in [0.717, 1.165) is 12.8 Å². The van der Waals surface area contributed by atoms with Crippen molar-refractivity contribution in [3.63, 3.8) is 0 Å². The molecular formula is C23H44O5. The highest BCUT2D eigenvalue weighted by Crippen LogP contribution is 2.21.